The highest BCUT2D eigenvalue weighted by Gasteiger charge is 2.27. The van der Waals surface area contributed by atoms with E-state index in [4.69, 9.17) is 5.14 Å². The average Bonchev–Trinajstić information content (AvgIpc) is 2.55. The predicted molar refractivity (Wildman–Crippen MR) is 98.5 cm³/mol. The van der Waals surface area contributed by atoms with E-state index in [1.807, 2.05) is 0 Å². The van der Waals surface area contributed by atoms with Crippen LogP contribution in [0.5, 0.6) is 0 Å². The lowest BCUT2D eigenvalue weighted by molar-refractivity contribution is -0.121. The van der Waals surface area contributed by atoms with E-state index >= 15 is 0 Å². The van der Waals surface area contributed by atoms with Gasteiger partial charge in [-0.3, -0.25) is 4.79 Å². The van der Waals surface area contributed by atoms with Crippen molar-refractivity contribution in [3.63, 3.8) is 0 Å². The van der Waals surface area contributed by atoms with Crippen LogP contribution in [-0.2, 0) is 21.2 Å². The molecule has 140 valence electrons. The fraction of sp³-hybridized carbons (Fsp3) is 0.611. The summed E-state index contributed by atoms with van der Waals surface area (Å²) in [4.78, 5) is 12.2. The van der Waals surface area contributed by atoms with Crippen LogP contribution in [0.4, 0.5) is 0 Å². The topological polar surface area (TPSA) is 101 Å². The minimum atomic E-state index is -3.65. The first kappa shape index (κ1) is 19.9. The van der Waals surface area contributed by atoms with E-state index in [1.165, 1.54) is 25.0 Å². The fourth-order valence-electron chi connectivity index (χ4n) is 3.32. The van der Waals surface area contributed by atoms with Gasteiger partial charge in [-0.1, -0.05) is 38.8 Å². The molecule has 1 aromatic carbocycles. The maximum absolute atomic E-state index is 12.1. The summed E-state index contributed by atoms with van der Waals surface area (Å²) in [5.74, 6) is 1.22. The van der Waals surface area contributed by atoms with Crippen molar-refractivity contribution in [2.75, 3.05) is 13.1 Å². The minimum absolute atomic E-state index is 0.0375. The van der Waals surface area contributed by atoms with E-state index in [2.05, 4.69) is 24.5 Å². The van der Waals surface area contributed by atoms with E-state index in [1.54, 1.807) is 12.1 Å². The summed E-state index contributed by atoms with van der Waals surface area (Å²) in [5, 5.41) is 11.4. The standard InChI is InChI=1S/C18H29N3O3S/c1-13-4-3-5-17(14(13)2)21-18(22)12-20-11-10-15-6-8-16(9-7-15)25(19,23)24/h6-9,13-14,17,20H,3-5,10-12H2,1-2H3,(H,21,22)(H2,19,23,24). The van der Waals surface area contributed by atoms with Crippen molar-refractivity contribution in [3.8, 4) is 0 Å². The van der Waals surface area contributed by atoms with Crippen LogP contribution in [0.3, 0.4) is 0 Å². The van der Waals surface area contributed by atoms with Crippen LogP contribution < -0.4 is 15.8 Å². The molecule has 0 aliphatic heterocycles. The van der Waals surface area contributed by atoms with Gasteiger partial charge in [0.2, 0.25) is 15.9 Å². The van der Waals surface area contributed by atoms with Gasteiger partial charge in [0.15, 0.2) is 0 Å². The van der Waals surface area contributed by atoms with Crippen molar-refractivity contribution in [2.24, 2.45) is 17.0 Å². The summed E-state index contributed by atoms with van der Waals surface area (Å²) in [6, 6.07) is 6.77. The number of hydrogen-bond acceptors (Lipinski definition) is 4. The van der Waals surface area contributed by atoms with E-state index in [0.29, 0.717) is 24.9 Å². The molecule has 0 spiro atoms. The van der Waals surface area contributed by atoms with Crippen LogP contribution in [-0.4, -0.2) is 33.5 Å². The van der Waals surface area contributed by atoms with Gasteiger partial charge in [0, 0.05) is 6.04 Å². The van der Waals surface area contributed by atoms with Gasteiger partial charge in [0.25, 0.3) is 0 Å². The Kier molecular flexibility index (Phi) is 6.98. The lowest BCUT2D eigenvalue weighted by Crippen LogP contribution is -2.46. The maximum Gasteiger partial charge on any atom is 0.238 e. The van der Waals surface area contributed by atoms with E-state index in [-0.39, 0.29) is 16.8 Å². The van der Waals surface area contributed by atoms with Crippen molar-refractivity contribution >= 4 is 15.9 Å². The number of hydrogen-bond donors (Lipinski definition) is 3. The molecule has 2 rings (SSSR count). The quantitative estimate of drug-likeness (QED) is 0.634. The molecule has 0 heterocycles. The van der Waals surface area contributed by atoms with E-state index in [9.17, 15) is 13.2 Å². The van der Waals surface area contributed by atoms with Crippen molar-refractivity contribution in [1.82, 2.24) is 10.6 Å². The molecule has 6 nitrogen and oxygen atoms in total. The number of amides is 1. The Hall–Kier alpha value is -1.44. The highest BCUT2D eigenvalue weighted by molar-refractivity contribution is 7.89. The van der Waals surface area contributed by atoms with Gasteiger partial charge < -0.3 is 10.6 Å². The number of primary sulfonamides is 1. The number of nitrogens with one attached hydrogen (secondary N) is 2. The largest absolute Gasteiger partial charge is 0.352 e. The highest BCUT2D eigenvalue weighted by atomic mass is 32.2. The summed E-state index contributed by atoms with van der Waals surface area (Å²) in [6.07, 6.45) is 4.21. The van der Waals surface area contributed by atoms with Crippen LogP contribution in [0.2, 0.25) is 0 Å². The molecule has 1 amide bonds. The monoisotopic (exact) mass is 367 g/mol. The van der Waals surface area contributed by atoms with E-state index < -0.39 is 10.0 Å². The molecule has 25 heavy (non-hydrogen) atoms. The van der Waals surface area contributed by atoms with Gasteiger partial charge in [-0.15, -0.1) is 0 Å². The van der Waals surface area contributed by atoms with Gasteiger partial charge in [-0.25, -0.2) is 13.6 Å². The van der Waals surface area contributed by atoms with Gasteiger partial charge >= 0.3 is 0 Å². The Labute approximate surface area is 150 Å². The van der Waals surface area contributed by atoms with Crippen molar-refractivity contribution in [1.29, 1.82) is 0 Å². The van der Waals surface area contributed by atoms with Gasteiger partial charge in [-0.2, -0.15) is 0 Å². The zero-order valence-electron chi connectivity index (χ0n) is 15.0. The fourth-order valence-corrected chi connectivity index (χ4v) is 3.84. The molecule has 4 N–H and O–H groups in total. The second kappa shape index (κ2) is 8.78. The molecular weight excluding hydrogens is 338 g/mol. The maximum atomic E-state index is 12.1. The molecule has 1 saturated carbocycles. The lowest BCUT2D eigenvalue weighted by atomic mass is 9.78. The van der Waals surface area contributed by atoms with Crippen LogP contribution in [0, 0.1) is 11.8 Å². The highest BCUT2D eigenvalue weighted by Crippen LogP contribution is 2.29. The SMILES string of the molecule is CC1CCCC(NC(=O)CNCCc2ccc(S(N)(=O)=O)cc2)C1C. The van der Waals surface area contributed by atoms with Gasteiger partial charge in [-0.05, 0) is 48.9 Å². The molecular formula is C18H29N3O3S. The molecule has 3 unspecified atom stereocenters. The summed E-state index contributed by atoms with van der Waals surface area (Å²) in [6.45, 7) is 5.42. The summed E-state index contributed by atoms with van der Waals surface area (Å²) in [7, 11) is -3.65. The lowest BCUT2D eigenvalue weighted by Gasteiger charge is -2.34. The minimum Gasteiger partial charge on any atom is -0.352 e. The Morgan fingerprint density at radius 1 is 1.20 bits per heavy atom. The van der Waals surface area contributed by atoms with Crippen molar-refractivity contribution < 1.29 is 13.2 Å². The molecule has 3 atom stereocenters. The van der Waals surface area contributed by atoms with Crippen molar-refractivity contribution in [3.05, 3.63) is 29.8 Å². The molecule has 0 aromatic heterocycles. The molecule has 1 aromatic rings. The smallest absolute Gasteiger partial charge is 0.238 e. The number of carbonyl (C=O) groups excluding carboxylic acids is 1. The summed E-state index contributed by atoms with van der Waals surface area (Å²) in [5.41, 5.74) is 0.995. The Morgan fingerprint density at radius 2 is 1.88 bits per heavy atom. The van der Waals surface area contributed by atoms with Gasteiger partial charge in [0.05, 0.1) is 11.4 Å². The number of rotatable bonds is 7. The van der Waals surface area contributed by atoms with Crippen LogP contribution >= 0.6 is 0 Å². The molecule has 1 aliphatic carbocycles. The zero-order valence-corrected chi connectivity index (χ0v) is 15.8. The Bertz CT molecular complexity index is 673. The molecule has 0 bridgehead atoms. The molecule has 1 fully saturated rings. The van der Waals surface area contributed by atoms with Gasteiger partial charge in [0.1, 0.15) is 0 Å². The van der Waals surface area contributed by atoms with Crippen LogP contribution in [0.1, 0.15) is 38.7 Å². The second-order valence-electron chi connectivity index (χ2n) is 7.06. The molecule has 7 heteroatoms. The first-order valence-electron chi connectivity index (χ1n) is 8.89. The Morgan fingerprint density at radius 3 is 2.52 bits per heavy atom. The first-order chi connectivity index (χ1) is 11.8. The summed E-state index contributed by atoms with van der Waals surface area (Å²) >= 11 is 0. The van der Waals surface area contributed by atoms with Crippen LogP contribution in [0.25, 0.3) is 0 Å². The third-order valence-electron chi connectivity index (χ3n) is 5.18. The van der Waals surface area contributed by atoms with Crippen molar-refractivity contribution in [2.45, 2.75) is 50.5 Å². The van der Waals surface area contributed by atoms with E-state index in [0.717, 1.165) is 18.4 Å². The Balaban J connectivity index is 1.69. The number of benzene rings is 1. The molecule has 0 saturated heterocycles. The number of nitrogens with two attached hydrogens (primary N) is 1. The average molecular weight is 368 g/mol. The summed E-state index contributed by atoms with van der Waals surface area (Å²) < 4.78 is 22.4. The third kappa shape index (κ3) is 6.09. The van der Waals surface area contributed by atoms with Crippen LogP contribution in [0.15, 0.2) is 29.2 Å². The number of carbonyl (C=O) groups is 1. The zero-order chi connectivity index (χ0) is 18.4. The number of sulfonamides is 1. The molecule has 1 aliphatic rings. The predicted octanol–water partition coefficient (Wildman–Crippen LogP) is 1.41. The molecule has 0 radical (unpaired) electrons. The second-order valence-corrected chi connectivity index (χ2v) is 8.62. The first-order valence-corrected chi connectivity index (χ1v) is 10.4. The normalized spacial score (nSPS) is 24.0. The third-order valence-corrected chi connectivity index (χ3v) is 6.11.